The maximum absolute atomic E-state index is 12.8. The first-order chi connectivity index (χ1) is 14.1. The van der Waals surface area contributed by atoms with E-state index in [0.717, 1.165) is 17.1 Å². The molecule has 0 saturated carbocycles. The van der Waals surface area contributed by atoms with Crippen molar-refractivity contribution in [2.45, 2.75) is 26.1 Å². The topological polar surface area (TPSA) is 94.0 Å². The second kappa shape index (κ2) is 8.15. The molecule has 2 aromatic carbocycles. The number of carbonyl (C=O) groups excluding carboxylic acids is 2. The Balaban J connectivity index is 1.67. The molecule has 0 saturated heterocycles. The van der Waals surface area contributed by atoms with Crippen LogP contribution in [0.5, 0.6) is 5.75 Å². The molecule has 1 aliphatic rings. The van der Waals surface area contributed by atoms with Crippen molar-refractivity contribution >= 4 is 23.2 Å². The van der Waals surface area contributed by atoms with Gasteiger partial charge in [0.1, 0.15) is 5.75 Å². The van der Waals surface area contributed by atoms with Crippen molar-refractivity contribution < 1.29 is 27.9 Å². The lowest BCUT2D eigenvalue weighted by Crippen LogP contribution is -2.50. The van der Waals surface area contributed by atoms with Crippen LogP contribution in [0.15, 0.2) is 53.6 Å². The van der Waals surface area contributed by atoms with Crippen molar-refractivity contribution in [1.29, 1.82) is 0 Å². The Labute approximate surface area is 170 Å². The number of alkyl halides is 3. The number of aromatic hydroxyl groups is 1. The van der Waals surface area contributed by atoms with Gasteiger partial charge in [-0.05, 0) is 50.2 Å². The Bertz CT molecular complexity index is 990. The number of hydrogen-bond donors (Lipinski definition) is 3. The summed E-state index contributed by atoms with van der Waals surface area (Å²) in [5.41, 5.74) is 5.05. The normalized spacial score (nSPS) is 17.6. The van der Waals surface area contributed by atoms with Gasteiger partial charge in [0.15, 0.2) is 0 Å². The fourth-order valence-electron chi connectivity index (χ4n) is 3.13. The third-order valence-electron chi connectivity index (χ3n) is 4.68. The fourth-order valence-corrected chi connectivity index (χ4v) is 3.13. The summed E-state index contributed by atoms with van der Waals surface area (Å²) in [7, 11) is 0. The zero-order chi connectivity index (χ0) is 22.1. The third kappa shape index (κ3) is 4.28. The molecule has 0 spiro atoms. The number of halogens is 3. The van der Waals surface area contributed by atoms with Crippen molar-refractivity contribution in [2.75, 3.05) is 5.01 Å². The molecule has 2 unspecified atom stereocenters. The van der Waals surface area contributed by atoms with Crippen LogP contribution in [0.1, 0.15) is 29.8 Å². The minimum absolute atomic E-state index is 0.0618. The van der Waals surface area contributed by atoms with E-state index < -0.39 is 35.5 Å². The molecule has 10 heteroatoms. The predicted molar refractivity (Wildman–Crippen MR) is 104 cm³/mol. The SMILES string of the molecule is CC1=NN(c2ccc(C(F)(F)F)cc2)C(=O)C1C(C)NNC(=O)c1ccccc1O. The molecule has 1 heterocycles. The van der Waals surface area contributed by atoms with Gasteiger partial charge in [-0.2, -0.15) is 18.3 Å². The molecule has 0 fully saturated rings. The highest BCUT2D eigenvalue weighted by molar-refractivity contribution is 6.15. The summed E-state index contributed by atoms with van der Waals surface area (Å²) >= 11 is 0. The van der Waals surface area contributed by atoms with Crippen molar-refractivity contribution in [3.63, 3.8) is 0 Å². The summed E-state index contributed by atoms with van der Waals surface area (Å²) in [5.74, 6) is -1.95. The van der Waals surface area contributed by atoms with Crippen molar-refractivity contribution in [3.05, 3.63) is 59.7 Å². The van der Waals surface area contributed by atoms with Crippen LogP contribution in [0.25, 0.3) is 0 Å². The van der Waals surface area contributed by atoms with Crippen LogP contribution in [0.3, 0.4) is 0 Å². The lowest BCUT2D eigenvalue weighted by Gasteiger charge is -2.21. The highest BCUT2D eigenvalue weighted by Gasteiger charge is 2.39. The molecule has 1 aliphatic heterocycles. The van der Waals surface area contributed by atoms with Crippen molar-refractivity contribution in [1.82, 2.24) is 10.9 Å². The lowest BCUT2D eigenvalue weighted by atomic mass is 9.97. The number of rotatable bonds is 5. The van der Waals surface area contributed by atoms with Gasteiger partial charge in [0.05, 0.1) is 28.4 Å². The Morgan fingerprint density at radius 1 is 1.17 bits per heavy atom. The zero-order valence-electron chi connectivity index (χ0n) is 16.1. The Hall–Kier alpha value is -3.40. The maximum Gasteiger partial charge on any atom is 0.416 e. The standard InChI is InChI=1S/C20H19F3N4O3/c1-11(24-25-18(29)15-5-3-4-6-16(15)28)17-12(2)26-27(19(17)30)14-9-7-13(8-10-14)20(21,22)23/h3-11,17,24,28H,1-2H3,(H,25,29). The number of para-hydroxylation sites is 1. The van der Waals surface area contributed by atoms with Crippen LogP contribution in [-0.4, -0.2) is 28.7 Å². The second-order valence-electron chi connectivity index (χ2n) is 6.82. The minimum atomic E-state index is -4.47. The van der Waals surface area contributed by atoms with Gasteiger partial charge in [-0.25, -0.2) is 10.4 Å². The largest absolute Gasteiger partial charge is 0.507 e. The predicted octanol–water partition coefficient (Wildman–Crippen LogP) is 3.07. The second-order valence-corrected chi connectivity index (χ2v) is 6.82. The van der Waals surface area contributed by atoms with E-state index in [9.17, 15) is 27.9 Å². The van der Waals surface area contributed by atoms with Crippen molar-refractivity contribution in [3.8, 4) is 5.75 Å². The Kier molecular flexibility index (Phi) is 5.79. The fraction of sp³-hybridized carbons (Fsp3) is 0.250. The van der Waals surface area contributed by atoms with E-state index in [1.165, 1.54) is 24.3 Å². The van der Waals surface area contributed by atoms with Gasteiger partial charge >= 0.3 is 6.18 Å². The number of anilines is 1. The van der Waals surface area contributed by atoms with Gasteiger partial charge < -0.3 is 5.11 Å². The Morgan fingerprint density at radius 2 is 1.80 bits per heavy atom. The number of hydrogen-bond acceptors (Lipinski definition) is 5. The first-order valence-electron chi connectivity index (χ1n) is 9.00. The van der Waals surface area contributed by atoms with Crippen LogP contribution in [-0.2, 0) is 11.0 Å². The molecular weight excluding hydrogens is 401 g/mol. The number of amides is 2. The van der Waals surface area contributed by atoms with Crippen LogP contribution >= 0.6 is 0 Å². The van der Waals surface area contributed by atoms with Gasteiger partial charge in [-0.3, -0.25) is 15.0 Å². The molecule has 0 bridgehead atoms. The summed E-state index contributed by atoms with van der Waals surface area (Å²) in [5, 5.41) is 14.9. The van der Waals surface area contributed by atoms with E-state index in [0.29, 0.717) is 5.71 Å². The smallest absolute Gasteiger partial charge is 0.416 e. The molecule has 7 nitrogen and oxygen atoms in total. The summed E-state index contributed by atoms with van der Waals surface area (Å²) in [4.78, 5) is 25.0. The number of nitrogens with one attached hydrogen (secondary N) is 2. The van der Waals surface area contributed by atoms with E-state index >= 15 is 0 Å². The molecule has 3 rings (SSSR count). The maximum atomic E-state index is 12.8. The average molecular weight is 420 g/mol. The summed E-state index contributed by atoms with van der Waals surface area (Å²) in [6.45, 7) is 3.28. The van der Waals surface area contributed by atoms with Gasteiger partial charge in [-0.15, -0.1) is 0 Å². The molecule has 2 aromatic rings. The van der Waals surface area contributed by atoms with Crippen LogP contribution in [0.2, 0.25) is 0 Å². The zero-order valence-corrected chi connectivity index (χ0v) is 16.1. The number of phenols is 1. The van der Waals surface area contributed by atoms with E-state index in [4.69, 9.17) is 0 Å². The molecule has 3 N–H and O–H groups in total. The van der Waals surface area contributed by atoms with Crippen LogP contribution < -0.4 is 15.9 Å². The van der Waals surface area contributed by atoms with E-state index in [-0.39, 0.29) is 17.0 Å². The van der Waals surface area contributed by atoms with E-state index in [1.54, 1.807) is 26.0 Å². The monoisotopic (exact) mass is 420 g/mol. The third-order valence-corrected chi connectivity index (χ3v) is 4.68. The number of hydrazine groups is 1. The van der Waals surface area contributed by atoms with Gasteiger partial charge in [0, 0.05) is 6.04 Å². The summed E-state index contributed by atoms with van der Waals surface area (Å²) < 4.78 is 38.2. The summed E-state index contributed by atoms with van der Waals surface area (Å²) in [6, 6.07) is 9.54. The minimum Gasteiger partial charge on any atom is -0.507 e. The first kappa shape index (κ1) is 21.3. The molecule has 158 valence electrons. The number of phenolic OH excluding ortho intramolecular Hbond substituents is 1. The van der Waals surface area contributed by atoms with Gasteiger partial charge in [-0.1, -0.05) is 12.1 Å². The van der Waals surface area contributed by atoms with Crippen molar-refractivity contribution in [2.24, 2.45) is 11.0 Å². The van der Waals surface area contributed by atoms with Gasteiger partial charge in [0.2, 0.25) is 0 Å². The lowest BCUT2D eigenvalue weighted by molar-refractivity contribution is -0.137. The molecule has 0 radical (unpaired) electrons. The molecule has 0 aliphatic carbocycles. The number of hydrazone groups is 1. The highest BCUT2D eigenvalue weighted by atomic mass is 19.4. The van der Waals surface area contributed by atoms with E-state index in [2.05, 4.69) is 16.0 Å². The molecule has 0 aromatic heterocycles. The quantitative estimate of drug-likeness (QED) is 0.648. The Morgan fingerprint density at radius 3 is 2.40 bits per heavy atom. The number of nitrogens with zero attached hydrogens (tertiary/aromatic N) is 2. The van der Waals surface area contributed by atoms with E-state index in [1.807, 2.05) is 0 Å². The molecule has 2 atom stereocenters. The van der Waals surface area contributed by atoms with Crippen LogP contribution in [0, 0.1) is 5.92 Å². The van der Waals surface area contributed by atoms with Gasteiger partial charge in [0.25, 0.3) is 11.8 Å². The molecule has 30 heavy (non-hydrogen) atoms. The first-order valence-corrected chi connectivity index (χ1v) is 9.00. The van der Waals surface area contributed by atoms with Crippen LogP contribution in [0.4, 0.5) is 18.9 Å². The highest BCUT2D eigenvalue weighted by Crippen LogP contribution is 2.32. The molecular formula is C20H19F3N4O3. The summed E-state index contributed by atoms with van der Waals surface area (Å²) in [6.07, 6.45) is -4.47. The number of benzene rings is 2. The molecule has 2 amide bonds. The number of carbonyl (C=O) groups is 2. The average Bonchev–Trinajstić information content (AvgIpc) is 3.00.